The maximum absolute atomic E-state index is 13.8. The number of hydrogen-bond acceptors (Lipinski definition) is 4. The highest BCUT2D eigenvalue weighted by Gasteiger charge is 2.69. The number of aldehydes is 1. The quantitative estimate of drug-likeness (QED) is 0.689. The van der Waals surface area contributed by atoms with Crippen molar-refractivity contribution in [3.63, 3.8) is 0 Å². The van der Waals surface area contributed by atoms with Gasteiger partial charge in [0.2, 0.25) is 0 Å². The van der Waals surface area contributed by atoms with Crippen LogP contribution in [-0.4, -0.2) is 29.6 Å². The smallest absolute Gasteiger partial charge is 0.156 e. The van der Waals surface area contributed by atoms with Gasteiger partial charge in [-0.2, -0.15) is 0 Å². The second-order valence-electron chi connectivity index (χ2n) is 11.9. The summed E-state index contributed by atoms with van der Waals surface area (Å²) in [6, 6.07) is 0. The Kier molecular flexibility index (Phi) is 5.01. The zero-order valence-electron chi connectivity index (χ0n) is 19.3. The molecule has 0 aromatic carbocycles. The van der Waals surface area contributed by atoms with Crippen LogP contribution in [0.4, 0.5) is 0 Å². The number of fused-ring (bicyclic) bond motifs is 5. The summed E-state index contributed by atoms with van der Waals surface area (Å²) in [5.74, 6) is -0.0352. The van der Waals surface area contributed by atoms with E-state index in [1.54, 1.807) is 0 Å². The van der Waals surface area contributed by atoms with E-state index < -0.39 is 11.3 Å². The Morgan fingerprint density at radius 2 is 1.83 bits per heavy atom. The lowest BCUT2D eigenvalue weighted by molar-refractivity contribution is -0.213. The first kappa shape index (κ1) is 21.9. The third-order valence-electron chi connectivity index (χ3n) is 10.5. The first-order valence-electron chi connectivity index (χ1n) is 11.8. The average Bonchev–Trinajstić information content (AvgIpc) is 2.68. The van der Waals surface area contributed by atoms with Crippen LogP contribution < -0.4 is 0 Å². The maximum Gasteiger partial charge on any atom is 0.156 e. The summed E-state index contributed by atoms with van der Waals surface area (Å²) in [5, 5.41) is 10.8. The van der Waals surface area contributed by atoms with Gasteiger partial charge in [0.1, 0.15) is 12.1 Å². The highest BCUT2D eigenvalue weighted by molar-refractivity contribution is 6.01. The molecule has 0 amide bonds. The second-order valence-corrected chi connectivity index (χ2v) is 11.9. The highest BCUT2D eigenvalue weighted by Crippen LogP contribution is 2.72. The summed E-state index contributed by atoms with van der Waals surface area (Å²) in [6.45, 7) is 10.6. The van der Waals surface area contributed by atoms with Crippen LogP contribution in [0, 0.1) is 45.3 Å². The molecule has 166 valence electrons. The van der Waals surface area contributed by atoms with Crippen molar-refractivity contribution in [2.24, 2.45) is 45.3 Å². The van der Waals surface area contributed by atoms with Gasteiger partial charge >= 0.3 is 0 Å². The largest absolute Gasteiger partial charge is 0.396 e. The van der Waals surface area contributed by atoms with E-state index in [4.69, 9.17) is 0 Å². The van der Waals surface area contributed by atoms with Crippen molar-refractivity contribution < 1.29 is 19.5 Å². The van der Waals surface area contributed by atoms with Gasteiger partial charge in [-0.05, 0) is 67.6 Å². The second kappa shape index (κ2) is 6.85. The fourth-order valence-corrected chi connectivity index (χ4v) is 9.00. The first-order chi connectivity index (χ1) is 14.0. The minimum absolute atomic E-state index is 0.0314. The normalized spacial score (nSPS) is 47.4. The lowest BCUT2D eigenvalue weighted by atomic mass is 9.34. The van der Waals surface area contributed by atoms with E-state index >= 15 is 0 Å². The molecule has 0 spiro atoms. The van der Waals surface area contributed by atoms with Crippen LogP contribution in [0.15, 0.2) is 11.6 Å². The van der Waals surface area contributed by atoms with Gasteiger partial charge < -0.3 is 9.90 Å². The predicted molar refractivity (Wildman–Crippen MR) is 116 cm³/mol. The first-order valence-corrected chi connectivity index (χ1v) is 11.8. The van der Waals surface area contributed by atoms with Crippen LogP contribution >= 0.6 is 0 Å². The number of aliphatic hydroxyl groups is 1. The number of allylic oxidation sites excluding steroid dienone is 2. The Hall–Kier alpha value is -1.29. The molecule has 4 nitrogen and oxygen atoms in total. The fraction of sp³-hybridized carbons (Fsp3) is 0.808. The minimum Gasteiger partial charge on any atom is -0.396 e. The molecular weight excluding hydrogens is 376 g/mol. The van der Waals surface area contributed by atoms with Crippen molar-refractivity contribution in [3.8, 4) is 0 Å². The molecule has 0 heterocycles. The van der Waals surface area contributed by atoms with E-state index in [0.29, 0.717) is 24.3 Å². The molecule has 0 aromatic heterocycles. The van der Waals surface area contributed by atoms with Crippen molar-refractivity contribution >= 4 is 17.9 Å². The van der Waals surface area contributed by atoms with Crippen LogP contribution in [0.3, 0.4) is 0 Å². The Bertz CT molecular complexity index is 810. The molecule has 4 rings (SSSR count). The molecule has 3 fully saturated rings. The van der Waals surface area contributed by atoms with Gasteiger partial charge in [0.15, 0.2) is 5.78 Å². The van der Waals surface area contributed by atoms with Crippen LogP contribution in [0.2, 0.25) is 0 Å². The van der Waals surface area contributed by atoms with Gasteiger partial charge in [-0.1, -0.05) is 40.2 Å². The van der Waals surface area contributed by atoms with Crippen molar-refractivity contribution in [1.82, 2.24) is 0 Å². The third-order valence-corrected chi connectivity index (χ3v) is 10.5. The van der Waals surface area contributed by atoms with Crippen LogP contribution in [0.25, 0.3) is 0 Å². The summed E-state index contributed by atoms with van der Waals surface area (Å²) < 4.78 is 0. The Morgan fingerprint density at radius 3 is 2.43 bits per heavy atom. The van der Waals surface area contributed by atoms with E-state index in [1.807, 2.05) is 13.0 Å². The summed E-state index contributed by atoms with van der Waals surface area (Å²) in [6.07, 6.45) is 9.23. The lowest BCUT2D eigenvalue weighted by Gasteiger charge is -2.69. The minimum atomic E-state index is -0.823. The van der Waals surface area contributed by atoms with Gasteiger partial charge in [-0.3, -0.25) is 9.59 Å². The van der Waals surface area contributed by atoms with Crippen molar-refractivity contribution in [2.75, 3.05) is 6.61 Å². The number of Topliss-reactive ketones (excluding diaryl/α,β-unsaturated/α-hetero) is 2. The predicted octanol–water partition coefficient (Wildman–Crippen LogP) is 4.54. The third kappa shape index (κ3) is 2.58. The summed E-state index contributed by atoms with van der Waals surface area (Å²) in [5.41, 5.74) is -0.465. The highest BCUT2D eigenvalue weighted by atomic mass is 16.3. The molecule has 0 aromatic rings. The number of hydrogen-bond donors (Lipinski definition) is 1. The van der Waals surface area contributed by atoms with E-state index in [0.717, 1.165) is 32.0 Å². The Balaban J connectivity index is 1.84. The van der Waals surface area contributed by atoms with Gasteiger partial charge in [0.05, 0.1) is 5.92 Å². The van der Waals surface area contributed by atoms with Gasteiger partial charge in [0.25, 0.3) is 0 Å². The van der Waals surface area contributed by atoms with Gasteiger partial charge in [0, 0.05) is 29.4 Å². The van der Waals surface area contributed by atoms with E-state index in [9.17, 15) is 19.5 Å². The summed E-state index contributed by atoms with van der Waals surface area (Å²) >= 11 is 0. The number of carbonyl (C=O) groups is 3. The lowest BCUT2D eigenvalue weighted by Crippen LogP contribution is -2.67. The standard InChI is InChI=1S/C26H38O4/c1-16(29)17-7-8-20-24(4)12-9-19-23(2,3)10-6-11-26(19,15-28)21(24)13-22(30)25(20,5)18(17)14-27/h7,14,18-21,28H,6,8-13,15H2,1-5H3/t18-,19?,20?,21?,24-,25+,26+/m0/s1. The van der Waals surface area contributed by atoms with Crippen LogP contribution in [-0.2, 0) is 14.4 Å². The molecule has 0 radical (unpaired) electrons. The average molecular weight is 415 g/mol. The number of aliphatic hydroxyl groups excluding tert-OH is 1. The van der Waals surface area contributed by atoms with Crippen LogP contribution in [0.5, 0.6) is 0 Å². The topological polar surface area (TPSA) is 71.4 Å². The molecule has 0 bridgehead atoms. The summed E-state index contributed by atoms with van der Waals surface area (Å²) in [4.78, 5) is 38.2. The number of rotatable bonds is 3. The molecule has 30 heavy (non-hydrogen) atoms. The van der Waals surface area contributed by atoms with E-state index in [2.05, 4.69) is 20.8 Å². The van der Waals surface area contributed by atoms with Crippen molar-refractivity contribution in [2.45, 2.75) is 79.6 Å². The number of ketones is 2. The molecule has 1 N–H and O–H groups in total. The maximum atomic E-state index is 13.8. The Labute approximate surface area is 180 Å². The number of carbonyl (C=O) groups excluding carboxylic acids is 3. The van der Waals surface area contributed by atoms with Gasteiger partial charge in [-0.15, -0.1) is 0 Å². The SMILES string of the molecule is CC(=O)C1=CCC2[C@]3(C)CCC4C(C)(C)CCC[C@]4(CO)C3CC(=O)[C@]2(C)[C@H]1C=O. The molecule has 7 atom stereocenters. The zero-order valence-corrected chi connectivity index (χ0v) is 19.3. The molecule has 0 saturated heterocycles. The molecule has 0 aliphatic heterocycles. The molecular formula is C26H38O4. The molecule has 4 aliphatic rings. The Morgan fingerprint density at radius 1 is 1.13 bits per heavy atom. The van der Waals surface area contributed by atoms with Crippen molar-refractivity contribution in [1.29, 1.82) is 0 Å². The van der Waals surface area contributed by atoms with Crippen molar-refractivity contribution in [3.05, 3.63) is 11.6 Å². The molecule has 4 aliphatic carbocycles. The zero-order chi connectivity index (χ0) is 22.1. The van der Waals surface area contributed by atoms with Gasteiger partial charge in [-0.25, -0.2) is 0 Å². The molecule has 4 heteroatoms. The fourth-order valence-electron chi connectivity index (χ4n) is 9.00. The summed E-state index contributed by atoms with van der Waals surface area (Å²) in [7, 11) is 0. The monoisotopic (exact) mass is 414 g/mol. The molecule has 3 unspecified atom stereocenters. The van der Waals surface area contributed by atoms with Crippen LogP contribution in [0.1, 0.15) is 79.6 Å². The van der Waals surface area contributed by atoms with E-state index in [1.165, 1.54) is 13.3 Å². The molecule has 3 saturated carbocycles. The van der Waals surface area contributed by atoms with E-state index in [-0.39, 0.29) is 46.3 Å².